The molecule has 6 heteroatoms. The van der Waals surface area contributed by atoms with Crippen molar-refractivity contribution in [3.05, 3.63) is 33.9 Å². The summed E-state index contributed by atoms with van der Waals surface area (Å²) in [5, 5.41) is 19.4. The first-order valence-corrected chi connectivity index (χ1v) is 5.65. The minimum atomic E-state index is -1.07. The Hall–Kier alpha value is -1.56. The molecule has 0 aliphatic rings. The monoisotopic (exact) mass is 241 g/mol. The molecule has 0 aliphatic carbocycles. The molecular formula is C10H11NO4S. The van der Waals surface area contributed by atoms with Crippen LogP contribution in [-0.4, -0.2) is 21.8 Å². The van der Waals surface area contributed by atoms with E-state index in [0.29, 0.717) is 0 Å². The Morgan fingerprint density at radius 3 is 2.75 bits per heavy atom. The number of carboxylic acid groups (broad SMARTS) is 1. The van der Waals surface area contributed by atoms with Crippen molar-refractivity contribution in [1.29, 1.82) is 0 Å². The Kier molecular flexibility index (Phi) is 4.30. The van der Waals surface area contributed by atoms with Gasteiger partial charge in [-0.2, -0.15) is 0 Å². The maximum Gasteiger partial charge on any atom is 0.308 e. The molecule has 0 saturated carbocycles. The van der Waals surface area contributed by atoms with E-state index in [4.69, 9.17) is 5.11 Å². The molecule has 86 valence electrons. The number of nitro benzene ring substituents is 1. The van der Waals surface area contributed by atoms with Crippen LogP contribution >= 0.6 is 11.8 Å². The van der Waals surface area contributed by atoms with Gasteiger partial charge in [0.05, 0.1) is 11.3 Å². The quantitative estimate of drug-likeness (QED) is 0.486. The molecule has 0 bridgehead atoms. The number of carboxylic acids is 1. The van der Waals surface area contributed by atoms with E-state index in [9.17, 15) is 14.9 Å². The lowest BCUT2D eigenvalue weighted by atomic mass is 10.1. The highest BCUT2D eigenvalue weighted by Crippen LogP contribution is 2.26. The molecule has 0 spiro atoms. The fourth-order valence-corrected chi connectivity index (χ4v) is 1.98. The minimum Gasteiger partial charge on any atom is -0.481 e. The lowest BCUT2D eigenvalue weighted by Crippen LogP contribution is -2.03. The number of aliphatic carboxylic acids is 1. The van der Waals surface area contributed by atoms with Gasteiger partial charge in [-0.15, -0.1) is 11.8 Å². The van der Waals surface area contributed by atoms with Crippen molar-refractivity contribution in [2.24, 2.45) is 0 Å². The Morgan fingerprint density at radius 1 is 1.56 bits per heavy atom. The van der Waals surface area contributed by atoms with Crippen LogP contribution in [0.4, 0.5) is 5.69 Å². The van der Waals surface area contributed by atoms with Gasteiger partial charge in [0.2, 0.25) is 0 Å². The van der Waals surface area contributed by atoms with Crippen molar-refractivity contribution in [2.75, 3.05) is 5.75 Å². The number of nitrogens with zero attached hydrogens (tertiary/aromatic N) is 1. The summed E-state index contributed by atoms with van der Waals surface area (Å²) in [6.07, 6.45) is -0.326. The number of hydrogen-bond donors (Lipinski definition) is 1. The van der Waals surface area contributed by atoms with Crippen LogP contribution < -0.4 is 0 Å². The Bertz CT molecular complexity index is 419. The zero-order valence-electron chi connectivity index (χ0n) is 8.67. The summed E-state index contributed by atoms with van der Waals surface area (Å²) < 4.78 is 0. The summed E-state index contributed by atoms with van der Waals surface area (Å²) in [6, 6.07) is 4.64. The number of thioether (sulfide) groups is 1. The molecular weight excluding hydrogens is 230 g/mol. The largest absolute Gasteiger partial charge is 0.481 e. The fourth-order valence-electron chi connectivity index (χ4n) is 1.28. The van der Waals surface area contributed by atoms with E-state index in [2.05, 4.69) is 0 Å². The maximum atomic E-state index is 10.8. The molecule has 0 fully saturated rings. The Labute approximate surface area is 96.6 Å². The van der Waals surface area contributed by atoms with Gasteiger partial charge >= 0.3 is 5.97 Å². The first kappa shape index (κ1) is 12.5. The standard InChI is InChI=1S/C10H11NO4S/c1-2-16-8-4-3-7(5-10(12)13)9(6-8)11(14)15/h3-4,6H,2,5H2,1H3,(H,12,13). The number of carbonyl (C=O) groups is 1. The van der Waals surface area contributed by atoms with Gasteiger partial charge in [-0.25, -0.2) is 0 Å². The molecule has 0 amide bonds. The summed E-state index contributed by atoms with van der Waals surface area (Å²) in [7, 11) is 0. The van der Waals surface area contributed by atoms with Crippen LogP contribution in [0.1, 0.15) is 12.5 Å². The topological polar surface area (TPSA) is 80.4 Å². The van der Waals surface area contributed by atoms with E-state index >= 15 is 0 Å². The van der Waals surface area contributed by atoms with Crippen molar-refractivity contribution in [1.82, 2.24) is 0 Å². The molecule has 16 heavy (non-hydrogen) atoms. The molecule has 5 nitrogen and oxygen atoms in total. The molecule has 0 saturated heterocycles. The zero-order valence-corrected chi connectivity index (χ0v) is 9.49. The third kappa shape index (κ3) is 3.23. The van der Waals surface area contributed by atoms with Gasteiger partial charge in [-0.1, -0.05) is 13.0 Å². The SMILES string of the molecule is CCSc1ccc(CC(=O)O)c([N+](=O)[O-])c1. The predicted octanol–water partition coefficient (Wildman–Crippen LogP) is 2.33. The van der Waals surface area contributed by atoms with Crippen molar-refractivity contribution >= 4 is 23.4 Å². The van der Waals surface area contributed by atoms with Crippen molar-refractivity contribution in [2.45, 2.75) is 18.2 Å². The number of benzene rings is 1. The lowest BCUT2D eigenvalue weighted by Gasteiger charge is -2.03. The van der Waals surface area contributed by atoms with Crippen LogP contribution in [0.25, 0.3) is 0 Å². The molecule has 0 atom stereocenters. The number of rotatable bonds is 5. The van der Waals surface area contributed by atoms with Crippen LogP contribution in [0.15, 0.2) is 23.1 Å². The predicted molar refractivity (Wildman–Crippen MR) is 60.8 cm³/mol. The second-order valence-electron chi connectivity index (χ2n) is 3.05. The van der Waals surface area contributed by atoms with E-state index < -0.39 is 10.9 Å². The molecule has 0 unspecified atom stereocenters. The highest BCUT2D eigenvalue weighted by Gasteiger charge is 2.16. The second-order valence-corrected chi connectivity index (χ2v) is 4.39. The van der Waals surface area contributed by atoms with E-state index in [0.717, 1.165) is 10.6 Å². The molecule has 1 aromatic carbocycles. The lowest BCUT2D eigenvalue weighted by molar-refractivity contribution is -0.385. The summed E-state index contributed by atoms with van der Waals surface area (Å²) >= 11 is 1.48. The van der Waals surface area contributed by atoms with E-state index in [1.54, 1.807) is 6.07 Å². The fraction of sp³-hybridized carbons (Fsp3) is 0.300. The van der Waals surface area contributed by atoms with Gasteiger partial charge in [-0.3, -0.25) is 14.9 Å². The molecule has 0 heterocycles. The van der Waals surface area contributed by atoms with Crippen molar-refractivity contribution in [3.8, 4) is 0 Å². The number of hydrogen-bond acceptors (Lipinski definition) is 4. The van der Waals surface area contributed by atoms with Gasteiger partial charge in [0.15, 0.2) is 0 Å². The highest BCUT2D eigenvalue weighted by molar-refractivity contribution is 7.99. The molecule has 1 N–H and O–H groups in total. The minimum absolute atomic E-state index is 0.124. The summed E-state index contributed by atoms with van der Waals surface area (Å²) in [4.78, 5) is 21.5. The van der Waals surface area contributed by atoms with E-state index in [-0.39, 0.29) is 17.7 Å². The third-order valence-corrected chi connectivity index (χ3v) is 2.78. The molecule has 0 aromatic heterocycles. The van der Waals surface area contributed by atoms with Gasteiger partial charge < -0.3 is 5.11 Å². The zero-order chi connectivity index (χ0) is 12.1. The molecule has 0 aliphatic heterocycles. The average Bonchev–Trinajstić information content (AvgIpc) is 2.19. The van der Waals surface area contributed by atoms with Gasteiger partial charge in [0, 0.05) is 16.5 Å². The third-order valence-electron chi connectivity index (χ3n) is 1.91. The number of nitro groups is 1. The maximum absolute atomic E-state index is 10.8. The van der Waals surface area contributed by atoms with Gasteiger partial charge in [-0.05, 0) is 11.8 Å². The molecule has 1 aromatic rings. The van der Waals surface area contributed by atoms with Crippen LogP contribution in [0, 0.1) is 10.1 Å². The van der Waals surface area contributed by atoms with Gasteiger partial charge in [0.25, 0.3) is 5.69 Å². The van der Waals surface area contributed by atoms with E-state index in [1.165, 1.54) is 23.9 Å². The summed E-state index contributed by atoms with van der Waals surface area (Å²) in [5.74, 6) is -0.255. The Morgan fingerprint density at radius 2 is 2.25 bits per heavy atom. The summed E-state index contributed by atoms with van der Waals surface area (Å²) in [5.41, 5.74) is 0.110. The van der Waals surface area contributed by atoms with Crippen LogP contribution in [0.5, 0.6) is 0 Å². The average molecular weight is 241 g/mol. The second kappa shape index (κ2) is 5.50. The molecule has 0 radical (unpaired) electrons. The van der Waals surface area contributed by atoms with Gasteiger partial charge in [0.1, 0.15) is 0 Å². The van der Waals surface area contributed by atoms with Crippen molar-refractivity contribution in [3.63, 3.8) is 0 Å². The van der Waals surface area contributed by atoms with Crippen LogP contribution in [0.3, 0.4) is 0 Å². The smallest absolute Gasteiger partial charge is 0.308 e. The first-order valence-electron chi connectivity index (χ1n) is 4.66. The van der Waals surface area contributed by atoms with Crippen molar-refractivity contribution < 1.29 is 14.8 Å². The molecule has 1 rings (SSSR count). The summed E-state index contributed by atoms with van der Waals surface area (Å²) in [6.45, 7) is 1.95. The Balaban J connectivity index is 3.08. The van der Waals surface area contributed by atoms with Crippen LogP contribution in [0.2, 0.25) is 0 Å². The normalized spacial score (nSPS) is 10.1. The van der Waals surface area contributed by atoms with E-state index in [1.807, 2.05) is 6.92 Å². The van der Waals surface area contributed by atoms with Crippen LogP contribution in [-0.2, 0) is 11.2 Å². The highest BCUT2D eigenvalue weighted by atomic mass is 32.2. The first-order chi connectivity index (χ1) is 7.54.